The van der Waals surface area contributed by atoms with Crippen LogP contribution < -0.4 is 0 Å². The Morgan fingerprint density at radius 3 is 2.50 bits per heavy atom. The van der Waals surface area contributed by atoms with E-state index in [1.807, 2.05) is 13.0 Å². The maximum Gasteiger partial charge on any atom is 0.309 e. The fraction of sp³-hybridized carbons (Fsp3) is 0.550. The van der Waals surface area contributed by atoms with Gasteiger partial charge in [0.15, 0.2) is 0 Å². The summed E-state index contributed by atoms with van der Waals surface area (Å²) in [5.41, 5.74) is 2.21. The lowest BCUT2D eigenvalue weighted by molar-refractivity contribution is -0.156. The summed E-state index contributed by atoms with van der Waals surface area (Å²) in [4.78, 5) is 11.9. The van der Waals surface area contributed by atoms with Crippen molar-refractivity contribution in [2.45, 2.75) is 44.9 Å². The highest BCUT2D eigenvalue weighted by Gasteiger charge is 2.55. The summed E-state index contributed by atoms with van der Waals surface area (Å²) in [6, 6.07) is 5.41. The summed E-state index contributed by atoms with van der Waals surface area (Å²) in [7, 11) is 3.25. The van der Waals surface area contributed by atoms with Crippen molar-refractivity contribution in [1.82, 2.24) is 0 Å². The number of phenolic OH excluding ortho intramolecular Hbond substituents is 1. The van der Waals surface area contributed by atoms with Gasteiger partial charge in [0, 0.05) is 14.2 Å². The van der Waals surface area contributed by atoms with Crippen LogP contribution in [0.4, 0.5) is 0 Å². The van der Waals surface area contributed by atoms with E-state index in [9.17, 15) is 15.0 Å². The molecule has 132 valence electrons. The number of hydrogen-bond acceptors (Lipinski definition) is 3. The summed E-state index contributed by atoms with van der Waals surface area (Å²) in [5, 5.41) is 19.6. The maximum atomic E-state index is 11.9. The molecular weight excluding hydrogens is 304 g/mol. The SMILES string of the molecule is C=C1CC2C(C)(CCC[C@]2(C)C(=O)O)c2cc(O)ccc21.COC. The zero-order valence-corrected chi connectivity index (χ0v) is 15.1. The second kappa shape index (κ2) is 6.60. The van der Waals surface area contributed by atoms with Crippen LogP contribution in [-0.2, 0) is 14.9 Å². The molecule has 2 N–H and O–H groups in total. The van der Waals surface area contributed by atoms with E-state index in [0.29, 0.717) is 6.42 Å². The Bertz CT molecular complexity index is 651. The highest BCUT2D eigenvalue weighted by Crippen LogP contribution is 2.59. The van der Waals surface area contributed by atoms with Gasteiger partial charge in [-0.2, -0.15) is 0 Å². The Morgan fingerprint density at radius 2 is 1.92 bits per heavy atom. The van der Waals surface area contributed by atoms with E-state index in [2.05, 4.69) is 18.2 Å². The molecular formula is C20H28O4. The normalized spacial score (nSPS) is 31.3. The topological polar surface area (TPSA) is 66.8 Å². The Hall–Kier alpha value is -1.81. The summed E-state index contributed by atoms with van der Waals surface area (Å²) < 4.78 is 4.25. The first-order valence-corrected chi connectivity index (χ1v) is 8.36. The quantitative estimate of drug-likeness (QED) is 0.808. The first-order valence-electron chi connectivity index (χ1n) is 8.36. The number of carboxylic acid groups (broad SMARTS) is 1. The second-order valence-electron chi connectivity index (χ2n) is 7.49. The number of aromatic hydroxyl groups is 1. The number of ether oxygens (including phenoxy) is 1. The van der Waals surface area contributed by atoms with Crippen molar-refractivity contribution in [3.05, 3.63) is 35.9 Å². The van der Waals surface area contributed by atoms with Gasteiger partial charge in [-0.25, -0.2) is 0 Å². The largest absolute Gasteiger partial charge is 0.508 e. The monoisotopic (exact) mass is 332 g/mol. The van der Waals surface area contributed by atoms with Crippen molar-refractivity contribution in [2.24, 2.45) is 11.3 Å². The first-order chi connectivity index (χ1) is 11.2. The Morgan fingerprint density at radius 1 is 1.29 bits per heavy atom. The van der Waals surface area contributed by atoms with Gasteiger partial charge in [0.05, 0.1) is 5.41 Å². The van der Waals surface area contributed by atoms with Gasteiger partial charge in [0.1, 0.15) is 5.75 Å². The molecule has 0 spiro atoms. The van der Waals surface area contributed by atoms with E-state index in [-0.39, 0.29) is 17.1 Å². The average molecular weight is 332 g/mol. The van der Waals surface area contributed by atoms with Gasteiger partial charge in [0.25, 0.3) is 0 Å². The van der Waals surface area contributed by atoms with Crippen LogP contribution in [0.5, 0.6) is 5.75 Å². The molecule has 1 fully saturated rings. The average Bonchev–Trinajstić information content (AvgIpc) is 2.50. The van der Waals surface area contributed by atoms with Crippen LogP contribution in [0.1, 0.15) is 50.7 Å². The van der Waals surface area contributed by atoms with Crippen molar-refractivity contribution in [1.29, 1.82) is 0 Å². The first kappa shape index (κ1) is 18.5. The van der Waals surface area contributed by atoms with Gasteiger partial charge in [-0.05, 0) is 66.4 Å². The molecule has 4 nitrogen and oxygen atoms in total. The predicted octanol–water partition coefficient (Wildman–Crippen LogP) is 4.22. The third kappa shape index (κ3) is 2.84. The fourth-order valence-electron chi connectivity index (χ4n) is 4.57. The van der Waals surface area contributed by atoms with Crippen LogP contribution in [0, 0.1) is 11.3 Å². The number of aliphatic carboxylic acids is 1. The van der Waals surface area contributed by atoms with E-state index in [1.54, 1.807) is 26.4 Å². The zero-order valence-electron chi connectivity index (χ0n) is 15.1. The minimum atomic E-state index is -0.723. The molecule has 3 atom stereocenters. The second-order valence-corrected chi connectivity index (χ2v) is 7.49. The lowest BCUT2D eigenvalue weighted by atomic mass is 9.49. The lowest BCUT2D eigenvalue weighted by Gasteiger charge is -2.54. The number of hydrogen-bond donors (Lipinski definition) is 2. The van der Waals surface area contributed by atoms with Gasteiger partial charge >= 0.3 is 5.97 Å². The molecule has 1 aromatic carbocycles. The van der Waals surface area contributed by atoms with Gasteiger partial charge in [-0.1, -0.05) is 26.0 Å². The molecule has 1 saturated carbocycles. The smallest absolute Gasteiger partial charge is 0.309 e. The minimum absolute atomic E-state index is 0.0260. The number of benzene rings is 1. The number of carboxylic acids is 1. The van der Waals surface area contributed by atoms with Crippen molar-refractivity contribution < 1.29 is 19.7 Å². The molecule has 0 heterocycles. The van der Waals surface area contributed by atoms with E-state index in [4.69, 9.17) is 0 Å². The van der Waals surface area contributed by atoms with Crippen molar-refractivity contribution in [3.8, 4) is 5.75 Å². The van der Waals surface area contributed by atoms with E-state index in [0.717, 1.165) is 36.0 Å². The van der Waals surface area contributed by atoms with Crippen LogP contribution in [0.25, 0.3) is 5.57 Å². The zero-order chi connectivity index (χ0) is 18.1. The van der Waals surface area contributed by atoms with E-state index >= 15 is 0 Å². The molecule has 0 aliphatic heterocycles. The van der Waals surface area contributed by atoms with Crippen LogP contribution in [0.2, 0.25) is 0 Å². The van der Waals surface area contributed by atoms with Gasteiger partial charge in [-0.15, -0.1) is 0 Å². The standard InChI is InChI=1S/C18H22O3.C2H6O/c1-11-9-15-17(2,7-4-8-18(15,3)16(20)21)14-10-12(19)5-6-13(11)14;1-3-2/h5-6,10,15,19H,1,4,7-9H2,2-3H3,(H,20,21);1-2H3/t15?,17?,18-;/m0./s1. The predicted molar refractivity (Wildman–Crippen MR) is 95.1 cm³/mol. The molecule has 2 aliphatic carbocycles. The third-order valence-electron chi connectivity index (χ3n) is 5.87. The maximum absolute atomic E-state index is 11.9. The molecule has 0 amide bonds. The summed E-state index contributed by atoms with van der Waals surface area (Å²) in [6.45, 7) is 8.19. The number of fused-ring (bicyclic) bond motifs is 3. The molecule has 4 heteroatoms. The number of phenols is 1. The molecule has 3 rings (SSSR count). The van der Waals surface area contributed by atoms with Crippen LogP contribution in [0.15, 0.2) is 24.8 Å². The van der Waals surface area contributed by atoms with Crippen LogP contribution in [-0.4, -0.2) is 30.4 Å². The van der Waals surface area contributed by atoms with E-state index < -0.39 is 11.4 Å². The van der Waals surface area contributed by atoms with Crippen molar-refractivity contribution in [2.75, 3.05) is 14.2 Å². The molecule has 0 bridgehead atoms. The Balaban J connectivity index is 0.000000647. The number of methoxy groups -OCH3 is 1. The molecule has 1 aromatic rings. The Labute approximate surface area is 144 Å². The molecule has 0 saturated heterocycles. The number of rotatable bonds is 1. The van der Waals surface area contributed by atoms with Gasteiger partial charge in [-0.3, -0.25) is 4.79 Å². The molecule has 0 radical (unpaired) electrons. The lowest BCUT2D eigenvalue weighted by Crippen LogP contribution is -2.52. The number of allylic oxidation sites excluding steroid dienone is 1. The molecule has 2 unspecified atom stereocenters. The Kier molecular flexibility index (Phi) is 5.09. The summed E-state index contributed by atoms with van der Waals surface area (Å²) in [5.74, 6) is -0.445. The molecule has 2 aliphatic rings. The third-order valence-corrected chi connectivity index (χ3v) is 5.87. The highest BCUT2D eigenvalue weighted by atomic mass is 16.4. The van der Waals surface area contributed by atoms with Gasteiger partial charge in [0.2, 0.25) is 0 Å². The van der Waals surface area contributed by atoms with Crippen LogP contribution in [0.3, 0.4) is 0 Å². The minimum Gasteiger partial charge on any atom is -0.508 e. The fourth-order valence-corrected chi connectivity index (χ4v) is 4.57. The highest BCUT2D eigenvalue weighted by molar-refractivity contribution is 5.78. The molecule has 24 heavy (non-hydrogen) atoms. The van der Waals surface area contributed by atoms with E-state index in [1.165, 1.54) is 0 Å². The number of carbonyl (C=O) groups is 1. The van der Waals surface area contributed by atoms with Gasteiger partial charge < -0.3 is 14.9 Å². The molecule has 0 aromatic heterocycles. The van der Waals surface area contributed by atoms with Crippen molar-refractivity contribution in [3.63, 3.8) is 0 Å². The summed E-state index contributed by atoms with van der Waals surface area (Å²) in [6.07, 6.45) is 3.29. The van der Waals surface area contributed by atoms with Crippen LogP contribution >= 0.6 is 0 Å². The van der Waals surface area contributed by atoms with Crippen molar-refractivity contribution >= 4 is 11.5 Å². The summed E-state index contributed by atoms with van der Waals surface area (Å²) >= 11 is 0.